The van der Waals surface area contributed by atoms with Crippen LogP contribution in [-0.4, -0.2) is 33.7 Å². The molecule has 5 nitrogen and oxygen atoms in total. The van der Waals surface area contributed by atoms with Gasteiger partial charge in [-0.25, -0.2) is 17.2 Å². The molecule has 0 aromatic heterocycles. The minimum atomic E-state index is -3.62. The van der Waals surface area contributed by atoms with Crippen LogP contribution in [0.15, 0.2) is 48.5 Å². The van der Waals surface area contributed by atoms with E-state index in [4.69, 9.17) is 0 Å². The Kier molecular flexibility index (Phi) is 6.08. The Morgan fingerprint density at radius 2 is 1.76 bits per heavy atom. The number of carbonyl (C=O) groups is 1. The number of nitrogens with zero attached hydrogens (tertiary/aromatic N) is 1. The standard InChI is InChI=1S/C17H18F2N2O3S/c1-25(23,24)21(16-4-2-3-15(19)12-16)10-9-20-17(22)11-13-5-7-14(18)8-6-13/h2-8,12H,9-11H2,1H3,(H,20,22). The van der Waals surface area contributed by atoms with Crippen molar-refractivity contribution in [3.8, 4) is 0 Å². The molecule has 0 saturated heterocycles. The number of nitrogens with one attached hydrogen (secondary N) is 1. The van der Waals surface area contributed by atoms with Gasteiger partial charge in [0.25, 0.3) is 0 Å². The summed E-state index contributed by atoms with van der Waals surface area (Å²) in [4.78, 5) is 11.9. The van der Waals surface area contributed by atoms with Gasteiger partial charge in [0.05, 0.1) is 24.9 Å². The van der Waals surface area contributed by atoms with E-state index in [0.717, 1.165) is 16.6 Å². The van der Waals surface area contributed by atoms with Crippen molar-refractivity contribution in [3.05, 3.63) is 65.7 Å². The molecule has 0 aliphatic rings. The molecule has 0 aliphatic carbocycles. The second-order valence-electron chi connectivity index (χ2n) is 5.47. The van der Waals surface area contributed by atoms with Crippen molar-refractivity contribution in [2.75, 3.05) is 23.7 Å². The van der Waals surface area contributed by atoms with E-state index in [1.807, 2.05) is 0 Å². The highest BCUT2D eigenvalue weighted by molar-refractivity contribution is 7.92. The van der Waals surface area contributed by atoms with E-state index in [-0.39, 0.29) is 36.9 Å². The van der Waals surface area contributed by atoms with Crippen LogP contribution in [0.2, 0.25) is 0 Å². The molecule has 2 rings (SSSR count). The van der Waals surface area contributed by atoms with Crippen molar-refractivity contribution in [2.45, 2.75) is 6.42 Å². The molecule has 2 aromatic carbocycles. The van der Waals surface area contributed by atoms with Crippen LogP contribution >= 0.6 is 0 Å². The molecule has 0 radical (unpaired) electrons. The average molecular weight is 368 g/mol. The minimum absolute atomic E-state index is 0.0303. The third-order valence-electron chi connectivity index (χ3n) is 3.41. The van der Waals surface area contributed by atoms with Gasteiger partial charge in [0.2, 0.25) is 15.9 Å². The molecular weight excluding hydrogens is 350 g/mol. The maximum atomic E-state index is 13.3. The summed E-state index contributed by atoms with van der Waals surface area (Å²) in [5, 5.41) is 2.60. The van der Waals surface area contributed by atoms with Gasteiger partial charge in [0.15, 0.2) is 0 Å². The van der Waals surface area contributed by atoms with Crippen LogP contribution in [0.1, 0.15) is 5.56 Å². The quantitative estimate of drug-likeness (QED) is 0.814. The maximum Gasteiger partial charge on any atom is 0.232 e. The number of anilines is 1. The number of rotatable bonds is 7. The molecule has 0 saturated carbocycles. The predicted molar refractivity (Wildman–Crippen MR) is 91.7 cm³/mol. The summed E-state index contributed by atoms with van der Waals surface area (Å²) in [5.41, 5.74) is 0.833. The second kappa shape index (κ2) is 8.06. The second-order valence-corrected chi connectivity index (χ2v) is 7.38. The van der Waals surface area contributed by atoms with Gasteiger partial charge >= 0.3 is 0 Å². The summed E-state index contributed by atoms with van der Waals surface area (Å²) in [6.07, 6.45) is 1.07. The SMILES string of the molecule is CS(=O)(=O)N(CCNC(=O)Cc1ccc(F)cc1)c1cccc(F)c1. The number of amides is 1. The molecule has 134 valence electrons. The molecule has 0 bridgehead atoms. The lowest BCUT2D eigenvalue weighted by Gasteiger charge is -2.22. The van der Waals surface area contributed by atoms with E-state index in [0.29, 0.717) is 5.56 Å². The summed E-state index contributed by atoms with van der Waals surface area (Å²) < 4.78 is 51.0. The highest BCUT2D eigenvalue weighted by Crippen LogP contribution is 2.18. The molecule has 1 N–H and O–H groups in total. The Balaban J connectivity index is 1.95. The average Bonchev–Trinajstić information content (AvgIpc) is 2.52. The minimum Gasteiger partial charge on any atom is -0.354 e. The van der Waals surface area contributed by atoms with Gasteiger partial charge in [-0.3, -0.25) is 9.10 Å². The lowest BCUT2D eigenvalue weighted by molar-refractivity contribution is -0.120. The molecule has 1 amide bonds. The number of benzene rings is 2. The van der Waals surface area contributed by atoms with E-state index in [9.17, 15) is 22.0 Å². The van der Waals surface area contributed by atoms with Gasteiger partial charge < -0.3 is 5.32 Å². The van der Waals surface area contributed by atoms with Gasteiger partial charge in [-0.05, 0) is 35.9 Å². The van der Waals surface area contributed by atoms with Crippen molar-refractivity contribution in [2.24, 2.45) is 0 Å². The highest BCUT2D eigenvalue weighted by atomic mass is 32.2. The van der Waals surface area contributed by atoms with Gasteiger partial charge in [0, 0.05) is 6.54 Å². The molecule has 0 aliphatic heterocycles. The monoisotopic (exact) mass is 368 g/mol. The first-order valence-corrected chi connectivity index (χ1v) is 9.35. The Hall–Kier alpha value is -2.48. The van der Waals surface area contributed by atoms with E-state index >= 15 is 0 Å². The maximum absolute atomic E-state index is 13.3. The molecular formula is C17H18F2N2O3S. The van der Waals surface area contributed by atoms with Gasteiger partial charge in [-0.15, -0.1) is 0 Å². The van der Waals surface area contributed by atoms with Crippen molar-refractivity contribution in [1.82, 2.24) is 5.32 Å². The van der Waals surface area contributed by atoms with Crippen LogP contribution in [-0.2, 0) is 21.2 Å². The van der Waals surface area contributed by atoms with Crippen LogP contribution in [0.5, 0.6) is 0 Å². The highest BCUT2D eigenvalue weighted by Gasteiger charge is 2.17. The Morgan fingerprint density at radius 3 is 2.36 bits per heavy atom. The van der Waals surface area contributed by atoms with Crippen LogP contribution in [0.25, 0.3) is 0 Å². The summed E-state index contributed by atoms with van der Waals surface area (Å²) >= 11 is 0. The van der Waals surface area contributed by atoms with Crippen molar-refractivity contribution in [3.63, 3.8) is 0 Å². The molecule has 0 fully saturated rings. The summed E-state index contributed by atoms with van der Waals surface area (Å²) in [7, 11) is -3.62. The van der Waals surface area contributed by atoms with Crippen LogP contribution < -0.4 is 9.62 Å². The topological polar surface area (TPSA) is 66.5 Å². The van der Waals surface area contributed by atoms with E-state index in [1.54, 1.807) is 0 Å². The van der Waals surface area contributed by atoms with Crippen molar-refractivity contribution < 1.29 is 22.0 Å². The first kappa shape index (κ1) is 18.9. The van der Waals surface area contributed by atoms with E-state index in [1.165, 1.54) is 42.5 Å². The fourth-order valence-corrected chi connectivity index (χ4v) is 3.18. The van der Waals surface area contributed by atoms with Crippen molar-refractivity contribution >= 4 is 21.6 Å². The fourth-order valence-electron chi connectivity index (χ4n) is 2.26. The van der Waals surface area contributed by atoms with Crippen molar-refractivity contribution in [1.29, 1.82) is 0 Å². The van der Waals surface area contributed by atoms with Crippen LogP contribution in [0, 0.1) is 11.6 Å². The number of halogens is 2. The summed E-state index contributed by atoms with van der Waals surface area (Å²) in [6, 6.07) is 10.8. The van der Waals surface area contributed by atoms with Crippen LogP contribution in [0.3, 0.4) is 0 Å². The zero-order valence-corrected chi connectivity index (χ0v) is 14.4. The first-order chi connectivity index (χ1) is 11.8. The van der Waals surface area contributed by atoms with Gasteiger partial charge in [-0.2, -0.15) is 0 Å². The zero-order chi connectivity index (χ0) is 18.4. The van der Waals surface area contributed by atoms with Gasteiger partial charge in [0.1, 0.15) is 11.6 Å². The van der Waals surface area contributed by atoms with Crippen LogP contribution in [0.4, 0.5) is 14.5 Å². The molecule has 0 spiro atoms. The zero-order valence-electron chi connectivity index (χ0n) is 13.6. The first-order valence-electron chi connectivity index (χ1n) is 7.50. The number of hydrogen-bond acceptors (Lipinski definition) is 3. The largest absolute Gasteiger partial charge is 0.354 e. The molecule has 8 heteroatoms. The Labute approximate surface area is 145 Å². The third-order valence-corrected chi connectivity index (χ3v) is 4.61. The number of carbonyl (C=O) groups excluding carboxylic acids is 1. The Bertz CT molecular complexity index is 839. The molecule has 0 heterocycles. The normalized spacial score (nSPS) is 11.2. The molecule has 25 heavy (non-hydrogen) atoms. The number of hydrogen-bond donors (Lipinski definition) is 1. The lowest BCUT2D eigenvalue weighted by atomic mass is 10.1. The van der Waals surface area contributed by atoms with E-state index < -0.39 is 15.8 Å². The fraction of sp³-hybridized carbons (Fsp3) is 0.235. The smallest absolute Gasteiger partial charge is 0.232 e. The predicted octanol–water partition coefficient (Wildman–Crippen LogP) is 2.09. The molecule has 0 unspecified atom stereocenters. The van der Waals surface area contributed by atoms with Gasteiger partial charge in [-0.1, -0.05) is 18.2 Å². The summed E-state index contributed by atoms with van der Waals surface area (Å²) in [5.74, 6) is -1.26. The third kappa shape index (κ3) is 5.82. The Morgan fingerprint density at radius 1 is 1.08 bits per heavy atom. The summed E-state index contributed by atoms with van der Waals surface area (Å²) in [6.45, 7) is 0.0288. The molecule has 2 aromatic rings. The molecule has 0 atom stereocenters. The lowest BCUT2D eigenvalue weighted by Crippen LogP contribution is -2.38. The number of sulfonamides is 1. The van der Waals surface area contributed by atoms with E-state index in [2.05, 4.69) is 5.32 Å².